The highest BCUT2D eigenvalue weighted by atomic mass is 32.1. The molecule has 3 rings (SSSR count). The number of hydrogen-bond donors (Lipinski definition) is 1. The second kappa shape index (κ2) is 5.52. The number of para-hydroxylation sites is 1. The first kappa shape index (κ1) is 14.1. The third-order valence-corrected chi connectivity index (χ3v) is 5.34. The van der Waals surface area contributed by atoms with Crippen LogP contribution < -0.4 is 4.90 Å². The zero-order chi connectivity index (χ0) is 15.0. The SMILES string of the molecule is CC1CN(C(=O)O)CCC1N(C)c1nc2ccccc2s1. The minimum Gasteiger partial charge on any atom is -0.465 e. The summed E-state index contributed by atoms with van der Waals surface area (Å²) in [4.78, 5) is 19.5. The summed E-state index contributed by atoms with van der Waals surface area (Å²) in [6.45, 7) is 3.30. The molecular weight excluding hydrogens is 286 g/mol. The Hall–Kier alpha value is -1.82. The van der Waals surface area contributed by atoms with Crippen LogP contribution in [0.1, 0.15) is 13.3 Å². The molecule has 2 heterocycles. The van der Waals surface area contributed by atoms with Crippen LogP contribution >= 0.6 is 11.3 Å². The summed E-state index contributed by atoms with van der Waals surface area (Å²) in [5.41, 5.74) is 1.03. The highest BCUT2D eigenvalue weighted by molar-refractivity contribution is 7.22. The van der Waals surface area contributed by atoms with Crippen LogP contribution in [0.2, 0.25) is 0 Å². The maximum atomic E-state index is 11.1. The standard InChI is InChI=1S/C15H19N3O2S/c1-10-9-18(15(19)20)8-7-12(10)17(2)14-16-11-5-3-4-6-13(11)21-14/h3-6,10,12H,7-9H2,1-2H3,(H,19,20). The van der Waals surface area contributed by atoms with Gasteiger partial charge in [-0.15, -0.1) is 0 Å². The van der Waals surface area contributed by atoms with Crippen molar-refractivity contribution in [3.05, 3.63) is 24.3 Å². The molecule has 2 aromatic rings. The number of benzene rings is 1. The fraction of sp³-hybridized carbons (Fsp3) is 0.467. The molecule has 1 fully saturated rings. The molecule has 0 radical (unpaired) electrons. The molecule has 0 bridgehead atoms. The van der Waals surface area contributed by atoms with Crippen molar-refractivity contribution in [2.24, 2.45) is 5.92 Å². The van der Waals surface area contributed by atoms with Gasteiger partial charge in [-0.25, -0.2) is 9.78 Å². The van der Waals surface area contributed by atoms with Crippen molar-refractivity contribution in [2.75, 3.05) is 25.0 Å². The van der Waals surface area contributed by atoms with Gasteiger partial charge in [-0.2, -0.15) is 0 Å². The number of thiazole rings is 1. The van der Waals surface area contributed by atoms with Crippen molar-refractivity contribution in [3.63, 3.8) is 0 Å². The molecule has 1 saturated heterocycles. The minimum absolute atomic E-state index is 0.298. The summed E-state index contributed by atoms with van der Waals surface area (Å²) >= 11 is 1.69. The van der Waals surface area contributed by atoms with Crippen LogP contribution in [0.3, 0.4) is 0 Å². The molecule has 0 saturated carbocycles. The highest BCUT2D eigenvalue weighted by Crippen LogP contribution is 2.32. The van der Waals surface area contributed by atoms with E-state index in [2.05, 4.69) is 24.9 Å². The molecular formula is C15H19N3O2S. The smallest absolute Gasteiger partial charge is 0.407 e. The first-order chi connectivity index (χ1) is 10.1. The third-order valence-electron chi connectivity index (χ3n) is 4.21. The molecule has 1 aromatic heterocycles. The molecule has 21 heavy (non-hydrogen) atoms. The van der Waals surface area contributed by atoms with Crippen molar-refractivity contribution < 1.29 is 9.90 Å². The van der Waals surface area contributed by atoms with Gasteiger partial charge in [0.2, 0.25) is 0 Å². The molecule has 1 aromatic carbocycles. The van der Waals surface area contributed by atoms with Gasteiger partial charge in [-0.3, -0.25) is 0 Å². The molecule has 5 nitrogen and oxygen atoms in total. The highest BCUT2D eigenvalue weighted by Gasteiger charge is 2.32. The zero-order valence-corrected chi connectivity index (χ0v) is 13.0. The number of aromatic nitrogens is 1. The number of nitrogens with zero attached hydrogens (tertiary/aromatic N) is 3. The van der Waals surface area contributed by atoms with Gasteiger partial charge in [0.05, 0.1) is 10.2 Å². The van der Waals surface area contributed by atoms with Gasteiger partial charge in [0.15, 0.2) is 5.13 Å². The van der Waals surface area contributed by atoms with E-state index in [9.17, 15) is 4.79 Å². The summed E-state index contributed by atoms with van der Waals surface area (Å²) in [5, 5.41) is 10.1. The van der Waals surface area contributed by atoms with E-state index in [-0.39, 0.29) is 0 Å². The first-order valence-corrected chi connectivity index (χ1v) is 7.94. The molecule has 1 amide bonds. The van der Waals surface area contributed by atoms with Crippen LogP contribution in [0.5, 0.6) is 0 Å². The molecule has 112 valence electrons. The average Bonchev–Trinajstić information content (AvgIpc) is 2.90. The van der Waals surface area contributed by atoms with E-state index in [4.69, 9.17) is 10.1 Å². The van der Waals surface area contributed by atoms with Crippen molar-refractivity contribution in [1.29, 1.82) is 0 Å². The lowest BCUT2D eigenvalue weighted by Gasteiger charge is -2.40. The number of likely N-dealkylation sites (tertiary alicyclic amines) is 1. The van der Waals surface area contributed by atoms with E-state index in [1.165, 1.54) is 9.60 Å². The van der Waals surface area contributed by atoms with Crippen LogP contribution in [-0.4, -0.2) is 47.3 Å². The lowest BCUT2D eigenvalue weighted by Crippen LogP contribution is -2.50. The fourth-order valence-corrected chi connectivity index (χ4v) is 4.02. The Morgan fingerprint density at radius 3 is 2.90 bits per heavy atom. The molecule has 1 aliphatic heterocycles. The Morgan fingerprint density at radius 1 is 1.48 bits per heavy atom. The quantitative estimate of drug-likeness (QED) is 0.926. The Kier molecular flexibility index (Phi) is 3.71. The van der Waals surface area contributed by atoms with Crippen LogP contribution in [0.4, 0.5) is 9.93 Å². The van der Waals surface area contributed by atoms with Gasteiger partial charge in [-0.05, 0) is 24.5 Å². The molecule has 0 spiro atoms. The van der Waals surface area contributed by atoms with Crippen molar-refractivity contribution in [1.82, 2.24) is 9.88 Å². The zero-order valence-electron chi connectivity index (χ0n) is 12.2. The van der Waals surface area contributed by atoms with E-state index in [0.29, 0.717) is 25.0 Å². The summed E-state index contributed by atoms with van der Waals surface area (Å²) in [6.07, 6.45) is 0.0304. The van der Waals surface area contributed by atoms with Crippen LogP contribution in [0, 0.1) is 5.92 Å². The number of piperidine rings is 1. The second-order valence-corrected chi connectivity index (χ2v) is 6.65. The number of carbonyl (C=O) groups is 1. The summed E-state index contributed by atoms with van der Waals surface area (Å²) in [7, 11) is 2.06. The maximum Gasteiger partial charge on any atom is 0.407 e. The van der Waals surface area contributed by atoms with E-state index >= 15 is 0 Å². The average molecular weight is 305 g/mol. The van der Waals surface area contributed by atoms with Crippen molar-refractivity contribution >= 4 is 32.8 Å². The first-order valence-electron chi connectivity index (χ1n) is 7.12. The summed E-state index contributed by atoms with van der Waals surface area (Å²) in [5.74, 6) is 0.298. The summed E-state index contributed by atoms with van der Waals surface area (Å²) < 4.78 is 1.19. The Bertz CT molecular complexity index is 624. The van der Waals surface area contributed by atoms with Gasteiger partial charge in [0.1, 0.15) is 0 Å². The number of hydrogen-bond acceptors (Lipinski definition) is 4. The Balaban J connectivity index is 1.78. The number of amides is 1. The fourth-order valence-electron chi connectivity index (χ4n) is 3.04. The van der Waals surface area contributed by atoms with Gasteiger partial charge in [0.25, 0.3) is 0 Å². The topological polar surface area (TPSA) is 56.7 Å². The maximum absolute atomic E-state index is 11.1. The van der Waals surface area contributed by atoms with Crippen LogP contribution in [0.25, 0.3) is 10.2 Å². The van der Waals surface area contributed by atoms with Gasteiger partial charge in [-0.1, -0.05) is 30.4 Å². The van der Waals surface area contributed by atoms with Crippen LogP contribution in [-0.2, 0) is 0 Å². The van der Waals surface area contributed by atoms with Crippen LogP contribution in [0.15, 0.2) is 24.3 Å². The lowest BCUT2D eigenvalue weighted by molar-refractivity contribution is 0.116. The number of fused-ring (bicyclic) bond motifs is 1. The van der Waals surface area contributed by atoms with Crippen molar-refractivity contribution in [3.8, 4) is 0 Å². The van der Waals surface area contributed by atoms with Gasteiger partial charge in [0, 0.05) is 26.2 Å². The summed E-state index contributed by atoms with van der Waals surface area (Å²) in [6, 6.07) is 8.47. The predicted molar refractivity (Wildman–Crippen MR) is 85.2 cm³/mol. The molecule has 1 aliphatic rings. The van der Waals surface area contributed by atoms with E-state index < -0.39 is 6.09 Å². The third kappa shape index (κ3) is 2.68. The molecule has 1 N–H and O–H groups in total. The lowest BCUT2D eigenvalue weighted by atomic mass is 9.93. The minimum atomic E-state index is -0.817. The molecule has 2 unspecified atom stereocenters. The van der Waals surface area contributed by atoms with E-state index in [1.54, 1.807) is 11.3 Å². The molecule has 2 atom stereocenters. The largest absolute Gasteiger partial charge is 0.465 e. The molecule has 6 heteroatoms. The second-order valence-electron chi connectivity index (χ2n) is 5.64. The van der Waals surface area contributed by atoms with Crippen molar-refractivity contribution in [2.45, 2.75) is 19.4 Å². The monoisotopic (exact) mass is 305 g/mol. The van der Waals surface area contributed by atoms with E-state index in [0.717, 1.165) is 17.1 Å². The Labute approximate surface area is 127 Å². The molecule has 0 aliphatic carbocycles. The Morgan fingerprint density at radius 2 is 2.24 bits per heavy atom. The van der Waals surface area contributed by atoms with Gasteiger partial charge >= 0.3 is 6.09 Å². The normalized spacial score (nSPS) is 22.5. The van der Waals surface area contributed by atoms with E-state index in [1.807, 2.05) is 18.2 Å². The predicted octanol–water partition coefficient (Wildman–Crippen LogP) is 3.12. The number of rotatable bonds is 2. The van der Waals surface area contributed by atoms with Gasteiger partial charge < -0.3 is 14.9 Å². The number of carboxylic acid groups (broad SMARTS) is 1. The number of anilines is 1.